The van der Waals surface area contributed by atoms with Crippen LogP contribution in [-0.2, 0) is 0 Å². The molecule has 126 valence electrons. The van der Waals surface area contributed by atoms with E-state index in [2.05, 4.69) is 10.1 Å². The van der Waals surface area contributed by atoms with E-state index in [0.717, 1.165) is 24.8 Å². The Balaban J connectivity index is 1.52. The summed E-state index contributed by atoms with van der Waals surface area (Å²) in [5, 5.41) is 13.7. The Bertz CT molecular complexity index is 751. The Morgan fingerprint density at radius 2 is 2.21 bits per heavy atom. The van der Waals surface area contributed by atoms with E-state index in [4.69, 9.17) is 4.52 Å². The van der Waals surface area contributed by atoms with Gasteiger partial charge in [-0.15, -0.1) is 0 Å². The van der Waals surface area contributed by atoms with Crippen molar-refractivity contribution in [2.45, 2.75) is 38.2 Å². The van der Waals surface area contributed by atoms with E-state index in [1.54, 1.807) is 6.92 Å². The molecule has 1 saturated carbocycles. The molecule has 0 radical (unpaired) electrons. The van der Waals surface area contributed by atoms with Crippen LogP contribution in [-0.4, -0.2) is 45.2 Å². The average molecular weight is 327 g/mol. The minimum atomic E-state index is -0.380. The molecule has 2 fully saturated rings. The molecule has 4 rings (SSSR count). The predicted molar refractivity (Wildman–Crippen MR) is 87.4 cm³/mol. The van der Waals surface area contributed by atoms with E-state index in [-0.39, 0.29) is 17.9 Å². The lowest BCUT2D eigenvalue weighted by atomic mass is 10.0. The molecule has 1 aromatic heterocycles. The first-order valence-corrected chi connectivity index (χ1v) is 8.53. The molecular weight excluding hydrogens is 306 g/mol. The summed E-state index contributed by atoms with van der Waals surface area (Å²) < 4.78 is 5.30. The number of likely N-dealkylation sites (tertiary alicyclic amines) is 1. The molecule has 1 aliphatic carbocycles. The molecule has 0 spiro atoms. The number of carbonyl (C=O) groups is 1. The Morgan fingerprint density at radius 1 is 1.38 bits per heavy atom. The quantitative estimate of drug-likeness (QED) is 0.933. The zero-order valence-corrected chi connectivity index (χ0v) is 13.7. The van der Waals surface area contributed by atoms with E-state index >= 15 is 0 Å². The molecular formula is C18H21N3O3. The number of amides is 1. The molecule has 1 amide bonds. The van der Waals surface area contributed by atoms with Gasteiger partial charge >= 0.3 is 0 Å². The third-order valence-electron chi connectivity index (χ3n) is 4.93. The minimum Gasteiger partial charge on any atom is -0.393 e. The highest BCUT2D eigenvalue weighted by atomic mass is 16.5. The standard InChI is InChI=1S/C18H21N3O3/c1-11(22)15-7-8-21(10-15)18(23)14-4-2-3-13(9-14)16-19-17(24-20-16)12-5-6-12/h2-4,9,11-12,15,22H,5-8,10H2,1H3. The normalized spacial score (nSPS) is 21.9. The summed E-state index contributed by atoms with van der Waals surface area (Å²) in [6.07, 6.45) is 2.69. The van der Waals surface area contributed by atoms with Crippen LogP contribution in [0.25, 0.3) is 11.4 Å². The van der Waals surface area contributed by atoms with Crippen molar-refractivity contribution in [1.29, 1.82) is 0 Å². The van der Waals surface area contributed by atoms with Crippen LogP contribution in [0.1, 0.15) is 48.4 Å². The third kappa shape index (κ3) is 2.94. The average Bonchev–Trinajstić information content (AvgIpc) is 3.13. The SMILES string of the molecule is CC(O)C1CCN(C(=O)c2cccc(-c3noc(C4CC4)n3)c2)C1. The van der Waals surface area contributed by atoms with Crippen molar-refractivity contribution < 1.29 is 14.4 Å². The van der Waals surface area contributed by atoms with E-state index in [0.29, 0.717) is 36.3 Å². The Labute approximate surface area is 140 Å². The lowest BCUT2D eigenvalue weighted by molar-refractivity contribution is 0.0762. The predicted octanol–water partition coefficient (Wildman–Crippen LogP) is 2.46. The van der Waals surface area contributed by atoms with Crippen molar-refractivity contribution in [2.75, 3.05) is 13.1 Å². The van der Waals surface area contributed by atoms with Crippen LogP contribution in [0.4, 0.5) is 0 Å². The van der Waals surface area contributed by atoms with Crippen LogP contribution in [0, 0.1) is 5.92 Å². The summed E-state index contributed by atoms with van der Waals surface area (Å²) in [5.74, 6) is 1.80. The number of hydrogen-bond donors (Lipinski definition) is 1. The van der Waals surface area contributed by atoms with Crippen LogP contribution in [0.3, 0.4) is 0 Å². The van der Waals surface area contributed by atoms with Gasteiger partial charge in [0.05, 0.1) is 6.10 Å². The summed E-state index contributed by atoms with van der Waals surface area (Å²) in [4.78, 5) is 18.9. The summed E-state index contributed by atoms with van der Waals surface area (Å²) in [6, 6.07) is 7.36. The highest BCUT2D eigenvalue weighted by Gasteiger charge is 2.31. The zero-order chi connectivity index (χ0) is 16.7. The second-order valence-electron chi connectivity index (χ2n) is 6.85. The van der Waals surface area contributed by atoms with E-state index in [9.17, 15) is 9.90 Å². The summed E-state index contributed by atoms with van der Waals surface area (Å²) in [7, 11) is 0. The molecule has 1 N–H and O–H groups in total. The van der Waals surface area contributed by atoms with Gasteiger partial charge < -0.3 is 14.5 Å². The molecule has 6 heteroatoms. The van der Waals surface area contributed by atoms with Gasteiger partial charge in [-0.05, 0) is 38.3 Å². The van der Waals surface area contributed by atoms with Gasteiger partial charge in [-0.1, -0.05) is 17.3 Å². The highest BCUT2D eigenvalue weighted by molar-refractivity contribution is 5.95. The van der Waals surface area contributed by atoms with Crippen molar-refractivity contribution in [3.63, 3.8) is 0 Å². The van der Waals surface area contributed by atoms with Gasteiger partial charge in [0, 0.05) is 36.1 Å². The van der Waals surface area contributed by atoms with Crippen molar-refractivity contribution >= 4 is 5.91 Å². The van der Waals surface area contributed by atoms with Gasteiger partial charge in [0.1, 0.15) is 0 Å². The highest BCUT2D eigenvalue weighted by Crippen LogP contribution is 2.39. The summed E-state index contributed by atoms with van der Waals surface area (Å²) in [5.41, 5.74) is 1.42. The molecule has 1 aliphatic heterocycles. The maximum atomic E-state index is 12.7. The molecule has 2 unspecified atom stereocenters. The summed E-state index contributed by atoms with van der Waals surface area (Å²) >= 11 is 0. The maximum Gasteiger partial charge on any atom is 0.253 e. The van der Waals surface area contributed by atoms with Gasteiger partial charge in [0.2, 0.25) is 11.7 Å². The van der Waals surface area contributed by atoms with Gasteiger partial charge in [-0.25, -0.2) is 0 Å². The zero-order valence-electron chi connectivity index (χ0n) is 13.7. The molecule has 0 bridgehead atoms. The largest absolute Gasteiger partial charge is 0.393 e. The van der Waals surface area contributed by atoms with Crippen LogP contribution in [0.2, 0.25) is 0 Å². The number of aliphatic hydroxyl groups excluding tert-OH is 1. The van der Waals surface area contributed by atoms with E-state index < -0.39 is 0 Å². The van der Waals surface area contributed by atoms with E-state index in [1.807, 2.05) is 29.2 Å². The number of aromatic nitrogens is 2. The molecule has 1 aromatic carbocycles. The van der Waals surface area contributed by atoms with Crippen molar-refractivity contribution in [3.8, 4) is 11.4 Å². The molecule has 24 heavy (non-hydrogen) atoms. The number of benzene rings is 1. The first kappa shape index (κ1) is 15.3. The number of nitrogens with zero attached hydrogens (tertiary/aromatic N) is 3. The third-order valence-corrected chi connectivity index (χ3v) is 4.93. The number of aliphatic hydroxyl groups is 1. The van der Waals surface area contributed by atoms with Gasteiger partial charge in [-0.3, -0.25) is 4.79 Å². The van der Waals surface area contributed by atoms with Crippen molar-refractivity contribution in [3.05, 3.63) is 35.7 Å². The number of rotatable bonds is 4. The lowest BCUT2D eigenvalue weighted by Gasteiger charge is -2.18. The maximum absolute atomic E-state index is 12.7. The van der Waals surface area contributed by atoms with Crippen LogP contribution >= 0.6 is 0 Å². The second-order valence-corrected chi connectivity index (χ2v) is 6.85. The van der Waals surface area contributed by atoms with Gasteiger partial charge in [0.15, 0.2) is 0 Å². The Morgan fingerprint density at radius 3 is 2.92 bits per heavy atom. The number of carbonyl (C=O) groups excluding carboxylic acids is 1. The molecule has 6 nitrogen and oxygen atoms in total. The molecule has 1 saturated heterocycles. The fourth-order valence-electron chi connectivity index (χ4n) is 3.19. The number of hydrogen-bond acceptors (Lipinski definition) is 5. The van der Waals surface area contributed by atoms with Crippen molar-refractivity contribution in [1.82, 2.24) is 15.0 Å². The topological polar surface area (TPSA) is 79.5 Å². The molecule has 2 atom stereocenters. The van der Waals surface area contributed by atoms with Crippen LogP contribution in [0.5, 0.6) is 0 Å². The fraction of sp³-hybridized carbons (Fsp3) is 0.500. The van der Waals surface area contributed by atoms with Gasteiger partial charge in [-0.2, -0.15) is 4.98 Å². The monoisotopic (exact) mass is 327 g/mol. The molecule has 2 aliphatic rings. The summed E-state index contributed by atoms with van der Waals surface area (Å²) in [6.45, 7) is 3.08. The molecule has 2 heterocycles. The molecule has 2 aromatic rings. The minimum absolute atomic E-state index is 0.00842. The van der Waals surface area contributed by atoms with Gasteiger partial charge in [0.25, 0.3) is 5.91 Å². The van der Waals surface area contributed by atoms with Crippen molar-refractivity contribution in [2.24, 2.45) is 5.92 Å². The Hall–Kier alpha value is -2.21. The van der Waals surface area contributed by atoms with E-state index in [1.165, 1.54) is 0 Å². The first-order valence-electron chi connectivity index (χ1n) is 8.53. The first-order chi connectivity index (χ1) is 11.6. The lowest BCUT2D eigenvalue weighted by Crippen LogP contribution is -2.30. The second kappa shape index (κ2) is 6.02. The smallest absolute Gasteiger partial charge is 0.253 e. The Kier molecular flexibility index (Phi) is 3.84. The van der Waals surface area contributed by atoms with Crippen LogP contribution in [0.15, 0.2) is 28.8 Å². The van der Waals surface area contributed by atoms with Crippen LogP contribution < -0.4 is 0 Å². The fourth-order valence-corrected chi connectivity index (χ4v) is 3.19.